The van der Waals surface area contributed by atoms with Crippen LogP contribution in [-0.2, 0) is 12.8 Å². The SMILES string of the molecule is CC/C=c1/cccc(CCCc2ccccc2C(N)=NCCC)/c1=C/CC. The number of benzene rings is 2. The quantitative estimate of drug-likeness (QED) is 0.522. The van der Waals surface area contributed by atoms with Crippen LogP contribution in [0.4, 0.5) is 0 Å². The third-order valence-corrected chi connectivity index (χ3v) is 4.75. The first kappa shape index (κ1) is 21.0. The standard InChI is InChI=1S/C25H34N2/c1-4-11-20-14-9-15-21(23(20)12-5-2)16-10-17-22-13-7-8-18-24(22)25(26)27-19-6-3/h7-9,11-15,18H,4-6,10,16-17,19H2,1-3H3,(H2,26,27)/b20-11-,23-12+. The van der Waals surface area contributed by atoms with Crippen molar-refractivity contribution < 1.29 is 0 Å². The van der Waals surface area contributed by atoms with E-state index in [4.69, 9.17) is 5.73 Å². The molecule has 0 saturated heterocycles. The van der Waals surface area contributed by atoms with Gasteiger partial charge in [0, 0.05) is 12.1 Å². The molecule has 0 radical (unpaired) electrons. The van der Waals surface area contributed by atoms with E-state index in [1.165, 1.54) is 21.6 Å². The molecule has 0 heterocycles. The minimum absolute atomic E-state index is 0.673. The molecule has 2 nitrogen and oxygen atoms in total. The van der Waals surface area contributed by atoms with Crippen LogP contribution >= 0.6 is 0 Å². The van der Waals surface area contributed by atoms with Crippen LogP contribution in [-0.4, -0.2) is 12.4 Å². The Kier molecular flexibility index (Phi) is 8.83. The van der Waals surface area contributed by atoms with Gasteiger partial charge in [0.05, 0.1) is 0 Å². The van der Waals surface area contributed by atoms with Gasteiger partial charge < -0.3 is 5.73 Å². The second kappa shape index (κ2) is 11.4. The molecule has 0 saturated carbocycles. The van der Waals surface area contributed by atoms with Crippen molar-refractivity contribution in [2.24, 2.45) is 10.7 Å². The van der Waals surface area contributed by atoms with Crippen molar-refractivity contribution in [2.75, 3.05) is 6.54 Å². The summed E-state index contributed by atoms with van der Waals surface area (Å²) in [4.78, 5) is 4.50. The predicted molar refractivity (Wildman–Crippen MR) is 120 cm³/mol. The van der Waals surface area contributed by atoms with Crippen LogP contribution in [0.5, 0.6) is 0 Å². The van der Waals surface area contributed by atoms with Crippen LogP contribution < -0.4 is 16.2 Å². The third-order valence-electron chi connectivity index (χ3n) is 4.75. The van der Waals surface area contributed by atoms with Crippen LogP contribution in [0.25, 0.3) is 12.2 Å². The second-order valence-electron chi connectivity index (χ2n) is 6.92. The Morgan fingerprint density at radius 3 is 2.33 bits per heavy atom. The maximum Gasteiger partial charge on any atom is 0.125 e. The van der Waals surface area contributed by atoms with E-state index in [1.807, 2.05) is 6.07 Å². The highest BCUT2D eigenvalue weighted by molar-refractivity contribution is 5.98. The Balaban J connectivity index is 2.18. The molecular formula is C25H34N2. The van der Waals surface area contributed by atoms with Crippen LogP contribution in [0.2, 0.25) is 0 Å². The summed E-state index contributed by atoms with van der Waals surface area (Å²) < 4.78 is 0. The number of rotatable bonds is 9. The molecule has 0 aliphatic heterocycles. The molecule has 0 fully saturated rings. The van der Waals surface area contributed by atoms with Crippen molar-refractivity contribution in [1.29, 1.82) is 0 Å². The van der Waals surface area contributed by atoms with Crippen LogP contribution in [0, 0.1) is 0 Å². The Hall–Kier alpha value is -2.35. The van der Waals surface area contributed by atoms with Crippen molar-refractivity contribution in [3.05, 3.63) is 69.6 Å². The smallest absolute Gasteiger partial charge is 0.125 e. The summed E-state index contributed by atoms with van der Waals surface area (Å²) in [7, 11) is 0. The molecule has 0 spiro atoms. The normalized spacial score (nSPS) is 13.4. The molecule has 0 amide bonds. The highest BCUT2D eigenvalue weighted by atomic mass is 14.8. The van der Waals surface area contributed by atoms with Crippen molar-refractivity contribution in [3.63, 3.8) is 0 Å². The Morgan fingerprint density at radius 2 is 1.59 bits per heavy atom. The summed E-state index contributed by atoms with van der Waals surface area (Å²) in [6.07, 6.45) is 11.0. The fourth-order valence-electron chi connectivity index (χ4n) is 3.48. The van der Waals surface area contributed by atoms with Crippen LogP contribution in [0.1, 0.15) is 63.1 Å². The van der Waals surface area contributed by atoms with Crippen LogP contribution in [0.15, 0.2) is 47.5 Å². The number of nitrogens with zero attached hydrogens (tertiary/aromatic N) is 1. The van der Waals surface area contributed by atoms with Gasteiger partial charge in [-0.2, -0.15) is 0 Å². The lowest BCUT2D eigenvalue weighted by molar-refractivity contribution is 0.814. The van der Waals surface area contributed by atoms with Gasteiger partial charge in [0.25, 0.3) is 0 Å². The monoisotopic (exact) mass is 362 g/mol. The zero-order valence-corrected chi connectivity index (χ0v) is 17.2. The van der Waals surface area contributed by atoms with Gasteiger partial charge in [-0.05, 0) is 60.1 Å². The van der Waals surface area contributed by atoms with Gasteiger partial charge in [0.1, 0.15) is 5.84 Å². The number of hydrogen-bond donors (Lipinski definition) is 1. The highest BCUT2D eigenvalue weighted by Crippen LogP contribution is 2.12. The molecule has 0 aliphatic rings. The Labute approximate surface area is 164 Å². The lowest BCUT2D eigenvalue weighted by Gasteiger charge is -2.10. The summed E-state index contributed by atoms with van der Waals surface area (Å²) in [5, 5.41) is 2.78. The van der Waals surface area contributed by atoms with Gasteiger partial charge in [0.15, 0.2) is 0 Å². The zero-order valence-electron chi connectivity index (χ0n) is 17.2. The number of hydrogen-bond acceptors (Lipinski definition) is 1. The van der Waals surface area contributed by atoms with Gasteiger partial charge >= 0.3 is 0 Å². The van der Waals surface area contributed by atoms with Gasteiger partial charge in [0.2, 0.25) is 0 Å². The Bertz CT molecular complexity index is 862. The van der Waals surface area contributed by atoms with E-state index in [1.54, 1.807) is 0 Å². The maximum absolute atomic E-state index is 6.22. The van der Waals surface area contributed by atoms with E-state index in [9.17, 15) is 0 Å². The largest absolute Gasteiger partial charge is 0.383 e. The molecule has 0 aromatic heterocycles. The average molecular weight is 363 g/mol. The van der Waals surface area contributed by atoms with Crippen molar-refractivity contribution in [1.82, 2.24) is 0 Å². The molecule has 0 aliphatic carbocycles. The highest BCUT2D eigenvalue weighted by Gasteiger charge is 2.06. The van der Waals surface area contributed by atoms with E-state index in [0.717, 1.165) is 50.6 Å². The van der Waals surface area contributed by atoms with Gasteiger partial charge in [-0.25, -0.2) is 0 Å². The number of amidine groups is 1. The van der Waals surface area contributed by atoms with E-state index < -0.39 is 0 Å². The van der Waals surface area contributed by atoms with Gasteiger partial charge in [-0.15, -0.1) is 0 Å². The summed E-state index contributed by atoms with van der Waals surface area (Å²) >= 11 is 0. The predicted octanol–water partition coefficient (Wildman–Crippen LogP) is 4.36. The fraction of sp³-hybridized carbons (Fsp3) is 0.400. The third kappa shape index (κ3) is 6.09. The minimum atomic E-state index is 0.673. The summed E-state index contributed by atoms with van der Waals surface area (Å²) in [5.74, 6) is 0.673. The molecule has 0 atom stereocenters. The average Bonchev–Trinajstić information content (AvgIpc) is 2.69. The van der Waals surface area contributed by atoms with E-state index in [2.05, 4.69) is 74.3 Å². The topological polar surface area (TPSA) is 38.4 Å². The number of nitrogens with two attached hydrogens (primary N) is 1. The van der Waals surface area contributed by atoms with Crippen molar-refractivity contribution >= 4 is 18.0 Å². The molecular weight excluding hydrogens is 328 g/mol. The van der Waals surface area contributed by atoms with E-state index in [0.29, 0.717) is 5.84 Å². The first-order valence-electron chi connectivity index (χ1n) is 10.4. The maximum atomic E-state index is 6.22. The summed E-state index contributed by atoms with van der Waals surface area (Å²) in [5.41, 5.74) is 10.1. The first-order chi connectivity index (χ1) is 13.2. The van der Waals surface area contributed by atoms with Gasteiger partial charge in [-0.1, -0.05) is 75.4 Å². The summed E-state index contributed by atoms with van der Waals surface area (Å²) in [6.45, 7) is 7.32. The number of aliphatic imine (C=N–C) groups is 1. The van der Waals surface area contributed by atoms with E-state index in [-0.39, 0.29) is 0 Å². The molecule has 2 heteroatoms. The Morgan fingerprint density at radius 1 is 0.889 bits per heavy atom. The second-order valence-corrected chi connectivity index (χ2v) is 6.92. The minimum Gasteiger partial charge on any atom is -0.383 e. The number of aryl methyl sites for hydroxylation is 2. The van der Waals surface area contributed by atoms with Gasteiger partial charge in [-0.3, -0.25) is 4.99 Å². The first-order valence-corrected chi connectivity index (χ1v) is 10.4. The fourth-order valence-corrected chi connectivity index (χ4v) is 3.48. The molecule has 2 aromatic rings. The molecule has 144 valence electrons. The molecule has 2 aromatic carbocycles. The molecule has 0 unspecified atom stereocenters. The lowest BCUT2D eigenvalue weighted by Crippen LogP contribution is -2.28. The lowest BCUT2D eigenvalue weighted by atomic mass is 9.97. The molecule has 27 heavy (non-hydrogen) atoms. The van der Waals surface area contributed by atoms with Crippen molar-refractivity contribution in [3.8, 4) is 0 Å². The zero-order chi connectivity index (χ0) is 19.5. The molecule has 2 rings (SSSR count). The summed E-state index contributed by atoms with van der Waals surface area (Å²) in [6, 6.07) is 15.1. The van der Waals surface area contributed by atoms with Crippen molar-refractivity contribution in [2.45, 2.75) is 59.3 Å². The van der Waals surface area contributed by atoms with E-state index >= 15 is 0 Å². The molecule has 0 bridgehead atoms. The van der Waals surface area contributed by atoms with Crippen LogP contribution in [0.3, 0.4) is 0 Å². The molecule has 2 N–H and O–H groups in total.